The van der Waals surface area contributed by atoms with Crippen LogP contribution in [0.15, 0.2) is 21.6 Å². The molecule has 1 unspecified atom stereocenters. The maximum Gasteiger partial charge on any atom is 0.151 e. The van der Waals surface area contributed by atoms with Gasteiger partial charge in [0.2, 0.25) is 0 Å². The molecule has 1 aromatic carbocycles. The Morgan fingerprint density at radius 1 is 1.33 bits per heavy atom. The van der Waals surface area contributed by atoms with E-state index >= 15 is 0 Å². The molecule has 2 rings (SSSR count). The van der Waals surface area contributed by atoms with Crippen molar-refractivity contribution in [1.29, 1.82) is 0 Å². The summed E-state index contributed by atoms with van der Waals surface area (Å²) < 4.78 is 28.3. The van der Waals surface area contributed by atoms with Gasteiger partial charge >= 0.3 is 0 Å². The van der Waals surface area contributed by atoms with Crippen molar-refractivity contribution < 1.29 is 8.78 Å². The minimum atomic E-state index is -0.556. The van der Waals surface area contributed by atoms with E-state index < -0.39 is 11.6 Å². The molecule has 98 valence electrons. The lowest BCUT2D eigenvalue weighted by atomic mass is 10.2. The molecule has 0 aromatic heterocycles. The predicted octanol–water partition coefficient (Wildman–Crippen LogP) is 4.13. The van der Waals surface area contributed by atoms with E-state index in [9.17, 15) is 8.78 Å². The van der Waals surface area contributed by atoms with Gasteiger partial charge in [0.1, 0.15) is 11.5 Å². The van der Waals surface area contributed by atoms with E-state index in [1.165, 1.54) is 12.1 Å². The Labute approximate surface area is 114 Å². The zero-order valence-corrected chi connectivity index (χ0v) is 12.0. The fourth-order valence-electron chi connectivity index (χ4n) is 2.15. The van der Waals surface area contributed by atoms with E-state index in [0.717, 1.165) is 12.3 Å². The number of amidine groups is 1. The zero-order valence-electron chi connectivity index (χ0n) is 10.4. The van der Waals surface area contributed by atoms with Crippen LogP contribution in [-0.4, -0.2) is 18.4 Å². The molecule has 0 radical (unpaired) electrons. The van der Waals surface area contributed by atoms with E-state index in [2.05, 4.69) is 20.9 Å². The molecule has 0 amide bonds. The van der Waals surface area contributed by atoms with E-state index in [-0.39, 0.29) is 11.7 Å². The van der Waals surface area contributed by atoms with Gasteiger partial charge in [0, 0.05) is 17.4 Å². The van der Waals surface area contributed by atoms with Crippen molar-refractivity contribution in [3.05, 3.63) is 28.2 Å². The predicted molar refractivity (Wildman–Crippen MR) is 73.2 cm³/mol. The van der Waals surface area contributed by atoms with Gasteiger partial charge in [-0.05, 0) is 18.6 Å². The number of nitrogens with zero attached hydrogens (tertiary/aromatic N) is 2. The molecule has 18 heavy (non-hydrogen) atoms. The molecule has 1 aliphatic rings. The summed E-state index contributed by atoms with van der Waals surface area (Å²) in [6.07, 6.45) is 1.55. The number of rotatable bonds is 3. The van der Waals surface area contributed by atoms with Crippen molar-refractivity contribution in [3.8, 4) is 0 Å². The lowest BCUT2D eigenvalue weighted by molar-refractivity contribution is 0.577. The fourth-order valence-corrected chi connectivity index (χ4v) is 2.55. The first-order chi connectivity index (χ1) is 8.56. The van der Waals surface area contributed by atoms with Crippen LogP contribution in [-0.2, 0) is 0 Å². The fraction of sp³-hybridized carbons (Fsp3) is 0.462. The first-order valence-corrected chi connectivity index (χ1v) is 6.84. The Morgan fingerprint density at radius 2 is 1.94 bits per heavy atom. The molecular formula is C13H15BrF2N2. The van der Waals surface area contributed by atoms with Crippen molar-refractivity contribution in [3.63, 3.8) is 0 Å². The van der Waals surface area contributed by atoms with Gasteiger partial charge < -0.3 is 4.90 Å². The molecule has 0 spiro atoms. The highest BCUT2D eigenvalue weighted by molar-refractivity contribution is 9.10. The first-order valence-electron chi connectivity index (χ1n) is 6.05. The van der Waals surface area contributed by atoms with Crippen molar-refractivity contribution in [2.75, 3.05) is 11.4 Å². The monoisotopic (exact) mass is 316 g/mol. The van der Waals surface area contributed by atoms with Crippen molar-refractivity contribution in [2.45, 2.75) is 32.7 Å². The third kappa shape index (κ3) is 2.41. The average Bonchev–Trinajstić information content (AvgIpc) is 2.71. The highest BCUT2D eigenvalue weighted by Crippen LogP contribution is 2.30. The Balaban J connectivity index is 2.41. The van der Waals surface area contributed by atoms with Crippen molar-refractivity contribution in [1.82, 2.24) is 0 Å². The highest BCUT2D eigenvalue weighted by Gasteiger charge is 2.28. The Bertz CT molecular complexity index is 465. The third-order valence-corrected chi connectivity index (χ3v) is 3.53. The molecule has 2 nitrogen and oxygen atoms in total. The van der Waals surface area contributed by atoms with Crippen molar-refractivity contribution >= 4 is 27.5 Å². The second-order valence-corrected chi connectivity index (χ2v) is 5.21. The van der Waals surface area contributed by atoms with Gasteiger partial charge in [0.25, 0.3) is 0 Å². The molecule has 5 heteroatoms. The minimum Gasteiger partial charge on any atom is -0.323 e. The first kappa shape index (κ1) is 13.5. The molecule has 1 atom stereocenters. The summed E-state index contributed by atoms with van der Waals surface area (Å²) >= 11 is 3.08. The number of hydrogen-bond acceptors (Lipinski definition) is 2. The zero-order chi connectivity index (χ0) is 13.3. The lowest BCUT2D eigenvalue weighted by Gasteiger charge is -2.21. The standard InChI is InChI=1S/C13H15BrF2N2/c1-3-9-7-18(12(4-2)17-9)13-10(15)5-8(14)6-11(13)16/h5-6,9H,3-4,7H2,1-2H3. The summed E-state index contributed by atoms with van der Waals surface area (Å²) in [6, 6.07) is 2.69. The Morgan fingerprint density at radius 3 is 2.44 bits per heavy atom. The molecular weight excluding hydrogens is 302 g/mol. The highest BCUT2D eigenvalue weighted by atomic mass is 79.9. The van der Waals surface area contributed by atoms with Crippen molar-refractivity contribution in [2.24, 2.45) is 4.99 Å². The van der Waals surface area contributed by atoms with Gasteiger partial charge in [-0.1, -0.05) is 29.8 Å². The number of hydrogen-bond donors (Lipinski definition) is 0. The number of aliphatic imine (C=N–C) groups is 1. The van der Waals surface area contributed by atoms with Crippen LogP contribution in [0.4, 0.5) is 14.5 Å². The number of anilines is 1. The Hall–Kier alpha value is -0.970. The van der Waals surface area contributed by atoms with E-state index in [4.69, 9.17) is 0 Å². The molecule has 0 bridgehead atoms. The second-order valence-electron chi connectivity index (χ2n) is 4.29. The van der Waals surface area contributed by atoms with E-state index in [0.29, 0.717) is 17.4 Å². The van der Waals surface area contributed by atoms with Crippen LogP contribution in [0.25, 0.3) is 0 Å². The summed E-state index contributed by atoms with van der Waals surface area (Å²) in [5.41, 5.74) is 0.00903. The SMILES string of the molecule is CCC1=NC(CC)CN1c1c(F)cc(Br)cc1F. The summed E-state index contributed by atoms with van der Waals surface area (Å²) in [7, 11) is 0. The van der Waals surface area contributed by atoms with Crippen LogP contribution in [0.3, 0.4) is 0 Å². The van der Waals surface area contributed by atoms with Gasteiger partial charge in [-0.3, -0.25) is 4.99 Å². The summed E-state index contributed by atoms with van der Waals surface area (Å²) in [4.78, 5) is 6.14. The molecule has 0 aliphatic carbocycles. The maximum absolute atomic E-state index is 13.9. The molecule has 0 fully saturated rings. The average molecular weight is 317 g/mol. The molecule has 1 heterocycles. The third-order valence-electron chi connectivity index (χ3n) is 3.08. The molecule has 0 saturated heterocycles. The van der Waals surface area contributed by atoms with Gasteiger partial charge in [0.15, 0.2) is 11.6 Å². The van der Waals surface area contributed by atoms with Crippen LogP contribution >= 0.6 is 15.9 Å². The summed E-state index contributed by atoms with van der Waals surface area (Å²) in [5, 5.41) is 0. The molecule has 1 aromatic rings. The summed E-state index contributed by atoms with van der Waals surface area (Å²) in [5.74, 6) is -0.360. The summed E-state index contributed by atoms with van der Waals surface area (Å²) in [6.45, 7) is 4.52. The lowest BCUT2D eigenvalue weighted by Crippen LogP contribution is -2.30. The molecule has 0 saturated carbocycles. The normalized spacial score (nSPS) is 19.3. The maximum atomic E-state index is 13.9. The van der Waals surface area contributed by atoms with E-state index in [1.807, 2.05) is 13.8 Å². The van der Waals surface area contributed by atoms with Crippen LogP contribution in [0, 0.1) is 11.6 Å². The van der Waals surface area contributed by atoms with Gasteiger partial charge in [-0.25, -0.2) is 8.78 Å². The van der Waals surface area contributed by atoms with Crippen LogP contribution < -0.4 is 4.90 Å². The van der Waals surface area contributed by atoms with E-state index in [1.54, 1.807) is 4.90 Å². The number of halogens is 3. The topological polar surface area (TPSA) is 15.6 Å². The molecule has 1 aliphatic heterocycles. The van der Waals surface area contributed by atoms with Crippen LogP contribution in [0.5, 0.6) is 0 Å². The Kier molecular flexibility index (Phi) is 4.00. The number of benzene rings is 1. The van der Waals surface area contributed by atoms with Crippen LogP contribution in [0.2, 0.25) is 0 Å². The smallest absolute Gasteiger partial charge is 0.151 e. The molecule has 0 N–H and O–H groups in total. The van der Waals surface area contributed by atoms with Gasteiger partial charge in [-0.2, -0.15) is 0 Å². The quantitative estimate of drug-likeness (QED) is 0.818. The largest absolute Gasteiger partial charge is 0.323 e. The van der Waals surface area contributed by atoms with Gasteiger partial charge in [-0.15, -0.1) is 0 Å². The van der Waals surface area contributed by atoms with Crippen LogP contribution in [0.1, 0.15) is 26.7 Å². The minimum absolute atomic E-state index is 0.00903. The second kappa shape index (κ2) is 5.34. The van der Waals surface area contributed by atoms with Gasteiger partial charge in [0.05, 0.1) is 6.04 Å².